The van der Waals surface area contributed by atoms with E-state index in [4.69, 9.17) is 9.47 Å². The predicted octanol–water partition coefficient (Wildman–Crippen LogP) is 3.82. The summed E-state index contributed by atoms with van der Waals surface area (Å²) in [5.41, 5.74) is 4.19. The first kappa shape index (κ1) is 22.0. The van der Waals surface area contributed by atoms with E-state index in [-0.39, 0.29) is 17.9 Å². The van der Waals surface area contributed by atoms with Crippen molar-refractivity contribution in [2.45, 2.75) is 6.61 Å². The molecule has 160 valence electrons. The normalized spacial score (nSPS) is 10.4. The van der Waals surface area contributed by atoms with Gasteiger partial charge < -0.3 is 9.47 Å². The van der Waals surface area contributed by atoms with E-state index in [0.717, 1.165) is 5.56 Å². The first-order valence-corrected chi connectivity index (χ1v) is 9.38. The molecular weight excluding hydrogens is 412 g/mol. The Morgan fingerprint density at radius 1 is 1.16 bits per heavy atom. The van der Waals surface area contributed by atoms with Crippen LogP contribution in [-0.2, 0) is 6.61 Å². The second-order valence-corrected chi connectivity index (χ2v) is 6.47. The maximum absolute atomic E-state index is 12.1. The molecule has 9 heteroatoms. The van der Waals surface area contributed by atoms with Crippen LogP contribution >= 0.6 is 0 Å². The molecule has 0 bridgehead atoms. The molecule has 0 radical (unpaired) electrons. The molecule has 0 saturated heterocycles. The topological polar surface area (TPSA) is 127 Å². The number of carbonyl (C=O) groups excluding carboxylic acids is 1. The number of nitrogens with zero attached hydrogens (tertiary/aromatic N) is 3. The van der Waals surface area contributed by atoms with Crippen molar-refractivity contribution in [2.75, 3.05) is 7.11 Å². The SMILES string of the molecule is COc1cc(/C=N/NC(=O)c2cccc([N+](=O)[O-])c2)ccc1OCc1ccccc1C#N. The van der Waals surface area contributed by atoms with E-state index in [1.165, 1.54) is 37.6 Å². The molecule has 0 aromatic heterocycles. The van der Waals surface area contributed by atoms with E-state index in [0.29, 0.717) is 22.6 Å². The van der Waals surface area contributed by atoms with Crippen molar-refractivity contribution in [3.63, 3.8) is 0 Å². The summed E-state index contributed by atoms with van der Waals surface area (Å²) in [7, 11) is 1.50. The van der Waals surface area contributed by atoms with Gasteiger partial charge in [-0.2, -0.15) is 10.4 Å². The molecule has 0 unspecified atom stereocenters. The van der Waals surface area contributed by atoms with Gasteiger partial charge in [-0.3, -0.25) is 14.9 Å². The van der Waals surface area contributed by atoms with Crippen molar-refractivity contribution in [3.8, 4) is 17.6 Å². The van der Waals surface area contributed by atoms with E-state index < -0.39 is 10.8 Å². The highest BCUT2D eigenvalue weighted by Crippen LogP contribution is 2.28. The quantitative estimate of drug-likeness (QED) is 0.329. The molecule has 0 fully saturated rings. The number of hydrogen-bond acceptors (Lipinski definition) is 7. The fourth-order valence-corrected chi connectivity index (χ4v) is 2.79. The first-order valence-electron chi connectivity index (χ1n) is 9.38. The van der Waals surface area contributed by atoms with E-state index in [9.17, 15) is 20.2 Å². The highest BCUT2D eigenvalue weighted by atomic mass is 16.6. The molecule has 0 aliphatic heterocycles. The highest BCUT2D eigenvalue weighted by molar-refractivity contribution is 5.95. The number of amides is 1. The molecule has 3 rings (SSSR count). The number of nitro benzene ring substituents is 1. The summed E-state index contributed by atoms with van der Waals surface area (Å²) in [4.78, 5) is 22.4. The molecular formula is C23H18N4O5. The van der Waals surface area contributed by atoms with Gasteiger partial charge in [-0.05, 0) is 35.9 Å². The van der Waals surface area contributed by atoms with Crippen LogP contribution in [0, 0.1) is 21.4 Å². The highest BCUT2D eigenvalue weighted by Gasteiger charge is 2.11. The number of methoxy groups -OCH3 is 1. The van der Waals surface area contributed by atoms with Crippen LogP contribution < -0.4 is 14.9 Å². The average molecular weight is 430 g/mol. The molecule has 0 spiro atoms. The van der Waals surface area contributed by atoms with Gasteiger partial charge in [-0.25, -0.2) is 5.43 Å². The fraction of sp³-hybridized carbons (Fsp3) is 0.0870. The zero-order valence-electron chi connectivity index (χ0n) is 17.0. The van der Waals surface area contributed by atoms with Gasteiger partial charge in [-0.15, -0.1) is 0 Å². The lowest BCUT2D eigenvalue weighted by Crippen LogP contribution is -2.17. The summed E-state index contributed by atoms with van der Waals surface area (Å²) in [6.07, 6.45) is 1.41. The minimum Gasteiger partial charge on any atom is -0.493 e. The molecule has 1 N–H and O–H groups in total. The van der Waals surface area contributed by atoms with Gasteiger partial charge in [0.1, 0.15) is 6.61 Å². The number of carbonyl (C=O) groups is 1. The molecule has 9 nitrogen and oxygen atoms in total. The number of benzene rings is 3. The maximum Gasteiger partial charge on any atom is 0.271 e. The minimum absolute atomic E-state index is 0.121. The molecule has 0 aliphatic rings. The number of nitrogens with one attached hydrogen (secondary N) is 1. The molecule has 0 saturated carbocycles. The Hall–Kier alpha value is -4.71. The summed E-state index contributed by atoms with van der Waals surface area (Å²) < 4.78 is 11.2. The first-order chi connectivity index (χ1) is 15.5. The predicted molar refractivity (Wildman–Crippen MR) is 117 cm³/mol. The molecule has 0 aliphatic carbocycles. The summed E-state index contributed by atoms with van der Waals surface area (Å²) in [6, 6.07) is 19.7. The number of ether oxygens (including phenoxy) is 2. The number of hydrogen-bond donors (Lipinski definition) is 1. The van der Waals surface area contributed by atoms with Crippen molar-refractivity contribution in [2.24, 2.45) is 5.10 Å². The lowest BCUT2D eigenvalue weighted by Gasteiger charge is -2.12. The largest absolute Gasteiger partial charge is 0.493 e. The van der Waals surface area contributed by atoms with Gasteiger partial charge in [0.05, 0.1) is 29.9 Å². The van der Waals surface area contributed by atoms with Crippen molar-refractivity contribution >= 4 is 17.8 Å². The molecule has 3 aromatic carbocycles. The van der Waals surface area contributed by atoms with Crippen LogP contribution in [0.5, 0.6) is 11.5 Å². The van der Waals surface area contributed by atoms with Gasteiger partial charge >= 0.3 is 0 Å². The Labute approximate surface area is 183 Å². The lowest BCUT2D eigenvalue weighted by molar-refractivity contribution is -0.384. The van der Waals surface area contributed by atoms with E-state index in [1.54, 1.807) is 30.3 Å². The molecule has 1 amide bonds. The van der Waals surface area contributed by atoms with Crippen LogP contribution in [0.3, 0.4) is 0 Å². The van der Waals surface area contributed by atoms with Crippen LogP contribution in [0.1, 0.15) is 27.0 Å². The summed E-state index contributed by atoms with van der Waals surface area (Å²) in [6.45, 7) is 0.201. The standard InChI is InChI=1S/C23H18N4O5/c1-31-22-11-16(9-10-21(22)32-15-19-6-3-2-5-18(19)13-24)14-25-26-23(28)17-7-4-8-20(12-17)27(29)30/h2-12,14H,15H2,1H3,(H,26,28)/b25-14+. The Bertz CT molecular complexity index is 1220. The fourth-order valence-electron chi connectivity index (χ4n) is 2.79. The van der Waals surface area contributed by atoms with Crippen LogP contribution in [-0.4, -0.2) is 24.2 Å². The Morgan fingerprint density at radius 3 is 2.72 bits per heavy atom. The molecule has 3 aromatic rings. The Morgan fingerprint density at radius 2 is 1.97 bits per heavy atom. The van der Waals surface area contributed by atoms with Crippen molar-refractivity contribution in [3.05, 3.63) is 99.1 Å². The van der Waals surface area contributed by atoms with Crippen LogP contribution in [0.4, 0.5) is 5.69 Å². The molecule has 32 heavy (non-hydrogen) atoms. The maximum atomic E-state index is 12.1. The Balaban J connectivity index is 1.66. The van der Waals surface area contributed by atoms with Gasteiger partial charge in [0.15, 0.2) is 11.5 Å². The second kappa shape index (κ2) is 10.4. The zero-order chi connectivity index (χ0) is 22.9. The second-order valence-electron chi connectivity index (χ2n) is 6.47. The Kier molecular flexibility index (Phi) is 7.12. The summed E-state index contributed by atoms with van der Waals surface area (Å²) in [5.74, 6) is 0.361. The van der Waals surface area contributed by atoms with Crippen LogP contribution in [0.2, 0.25) is 0 Å². The van der Waals surface area contributed by atoms with Crippen molar-refractivity contribution in [1.82, 2.24) is 5.43 Å². The van der Waals surface area contributed by atoms with Crippen LogP contribution in [0.15, 0.2) is 71.8 Å². The minimum atomic E-state index is -0.576. The number of hydrazone groups is 1. The lowest BCUT2D eigenvalue weighted by atomic mass is 10.1. The van der Waals surface area contributed by atoms with Gasteiger partial charge in [0.25, 0.3) is 11.6 Å². The third kappa shape index (κ3) is 5.46. The molecule has 0 atom stereocenters. The van der Waals surface area contributed by atoms with Crippen molar-refractivity contribution in [1.29, 1.82) is 5.26 Å². The number of nitriles is 1. The summed E-state index contributed by atoms with van der Waals surface area (Å²) >= 11 is 0. The van der Waals surface area contributed by atoms with Crippen molar-refractivity contribution < 1.29 is 19.2 Å². The van der Waals surface area contributed by atoms with E-state index in [1.807, 2.05) is 12.1 Å². The smallest absolute Gasteiger partial charge is 0.271 e. The zero-order valence-corrected chi connectivity index (χ0v) is 17.0. The van der Waals surface area contributed by atoms with Crippen LogP contribution in [0.25, 0.3) is 0 Å². The number of nitro groups is 1. The van der Waals surface area contributed by atoms with Gasteiger partial charge in [0.2, 0.25) is 0 Å². The average Bonchev–Trinajstić information content (AvgIpc) is 2.83. The number of rotatable bonds is 8. The summed E-state index contributed by atoms with van der Waals surface area (Å²) in [5, 5.41) is 23.9. The van der Waals surface area contributed by atoms with Gasteiger partial charge in [-0.1, -0.05) is 24.3 Å². The third-order valence-corrected chi connectivity index (χ3v) is 4.41. The van der Waals surface area contributed by atoms with E-state index >= 15 is 0 Å². The van der Waals surface area contributed by atoms with Gasteiger partial charge in [0, 0.05) is 23.3 Å². The third-order valence-electron chi connectivity index (χ3n) is 4.41. The monoisotopic (exact) mass is 430 g/mol. The molecule has 0 heterocycles. The number of non-ortho nitro benzene ring substituents is 1. The van der Waals surface area contributed by atoms with E-state index in [2.05, 4.69) is 16.6 Å².